The molecule has 0 N–H and O–H groups in total. The number of carbonyl (C=O) groups excluding carboxylic acids is 2. The highest BCUT2D eigenvalue weighted by Crippen LogP contribution is 2.44. The van der Waals surface area contributed by atoms with Gasteiger partial charge in [-0.05, 0) is 89.8 Å². The van der Waals surface area contributed by atoms with E-state index in [4.69, 9.17) is 28.4 Å². The number of morpholine rings is 1. The molecule has 1 aliphatic carbocycles. The number of hydrogen-bond donors (Lipinski definition) is 0. The van der Waals surface area contributed by atoms with Gasteiger partial charge in [0.05, 0.1) is 27.4 Å². The molecule has 0 unspecified atom stereocenters. The van der Waals surface area contributed by atoms with E-state index in [-0.39, 0.29) is 12.5 Å². The van der Waals surface area contributed by atoms with Crippen LogP contribution in [0.5, 0.6) is 17.2 Å². The van der Waals surface area contributed by atoms with E-state index in [0.717, 1.165) is 67.9 Å². The van der Waals surface area contributed by atoms with Crippen LogP contribution in [0.15, 0.2) is 91.0 Å². The molecule has 4 aromatic carbocycles. The number of amides is 1. The molecular weight excluding hydrogens is 684 g/mol. The van der Waals surface area contributed by atoms with E-state index in [9.17, 15) is 9.59 Å². The van der Waals surface area contributed by atoms with Gasteiger partial charge >= 0.3 is 12.1 Å². The molecule has 10 nitrogen and oxygen atoms in total. The molecule has 0 aromatic heterocycles. The van der Waals surface area contributed by atoms with Crippen molar-refractivity contribution >= 4 is 12.1 Å². The first-order valence-corrected chi connectivity index (χ1v) is 19.1. The molecule has 54 heavy (non-hydrogen) atoms. The van der Waals surface area contributed by atoms with Crippen LogP contribution >= 0.6 is 0 Å². The van der Waals surface area contributed by atoms with Gasteiger partial charge in [0.25, 0.3) is 0 Å². The number of aryl methyl sites for hydroxylation is 1. The molecule has 284 valence electrons. The van der Waals surface area contributed by atoms with Crippen LogP contribution < -0.4 is 14.2 Å². The van der Waals surface area contributed by atoms with Crippen molar-refractivity contribution in [1.29, 1.82) is 0 Å². The molecule has 2 fully saturated rings. The Hall–Kier alpha value is -5.06. The monoisotopic (exact) mass is 734 g/mol. The molecule has 10 heteroatoms. The van der Waals surface area contributed by atoms with E-state index < -0.39 is 24.2 Å². The Morgan fingerprint density at radius 1 is 0.815 bits per heavy atom. The summed E-state index contributed by atoms with van der Waals surface area (Å²) in [5.74, 6) is 1.50. The normalized spacial score (nSPS) is 17.6. The fraction of sp³-hybridized carbons (Fsp3) is 0.409. The molecule has 0 radical (unpaired) electrons. The Morgan fingerprint density at radius 2 is 1.56 bits per heavy atom. The topological polar surface area (TPSA) is 96.0 Å². The van der Waals surface area contributed by atoms with E-state index >= 15 is 0 Å². The average Bonchev–Trinajstić information content (AvgIpc) is 3.55. The standard InChI is InChI=1S/C44H50N2O8/c1-49-41-20-18-31(28-42(41)50-2)17-19-40(32-10-9-11-33(29-32)52-27-24-45-22-25-51-26-23-45)54-43(47)39-16-7-8-21-46(39)44(48)53-30-38-36-14-5-3-12-34(36)35-13-4-6-15-37(35)38/h3-6,9-15,18,20,28-29,38-40H,7-8,16-17,19,21-27,30H2,1-2H3/t39-,40+/m0/s1. The molecule has 2 heterocycles. The molecule has 3 aliphatic rings. The lowest BCUT2D eigenvalue weighted by atomic mass is 9.98. The summed E-state index contributed by atoms with van der Waals surface area (Å²) in [6.07, 6.45) is 2.17. The minimum atomic E-state index is -0.745. The zero-order valence-corrected chi connectivity index (χ0v) is 31.2. The Labute approximate surface area is 317 Å². The molecule has 2 saturated heterocycles. The molecule has 4 aromatic rings. The first-order valence-electron chi connectivity index (χ1n) is 19.1. The maximum absolute atomic E-state index is 14.2. The molecular formula is C44H50N2O8. The predicted octanol–water partition coefficient (Wildman–Crippen LogP) is 7.44. The third kappa shape index (κ3) is 8.66. The average molecular weight is 735 g/mol. The second-order valence-corrected chi connectivity index (χ2v) is 14.0. The SMILES string of the molecule is COc1ccc(CC[C@@H](OC(=O)[C@@H]2CCCCN2C(=O)OCC2c3ccccc3-c3ccccc32)c2cccc(OCCN3CCOCC3)c2)cc1OC. The van der Waals surface area contributed by atoms with Gasteiger partial charge in [-0.1, -0.05) is 66.7 Å². The number of likely N-dealkylation sites (tertiary alicyclic amines) is 1. The van der Waals surface area contributed by atoms with E-state index in [2.05, 4.69) is 29.2 Å². The molecule has 0 spiro atoms. The number of benzene rings is 4. The lowest BCUT2D eigenvalue weighted by molar-refractivity contribution is -0.157. The van der Waals surface area contributed by atoms with Crippen LogP contribution in [-0.2, 0) is 25.4 Å². The highest BCUT2D eigenvalue weighted by Gasteiger charge is 2.37. The van der Waals surface area contributed by atoms with Gasteiger partial charge in [0, 0.05) is 32.1 Å². The highest BCUT2D eigenvalue weighted by atomic mass is 16.6. The summed E-state index contributed by atoms with van der Waals surface area (Å²) >= 11 is 0. The summed E-state index contributed by atoms with van der Waals surface area (Å²) in [6, 6.07) is 29.4. The van der Waals surface area contributed by atoms with E-state index in [1.54, 1.807) is 19.1 Å². The third-order valence-electron chi connectivity index (χ3n) is 10.8. The zero-order valence-electron chi connectivity index (χ0n) is 31.2. The van der Waals surface area contributed by atoms with E-state index in [1.165, 1.54) is 11.1 Å². The summed E-state index contributed by atoms with van der Waals surface area (Å²) in [7, 11) is 3.23. The highest BCUT2D eigenvalue weighted by molar-refractivity contribution is 5.82. The van der Waals surface area contributed by atoms with Crippen LogP contribution in [0.25, 0.3) is 11.1 Å². The summed E-state index contributed by atoms with van der Waals surface area (Å²) < 4.78 is 35.0. The fourth-order valence-corrected chi connectivity index (χ4v) is 7.84. The van der Waals surface area contributed by atoms with Crippen molar-refractivity contribution in [2.45, 2.75) is 50.2 Å². The van der Waals surface area contributed by atoms with Crippen LogP contribution in [0, 0.1) is 0 Å². The van der Waals surface area contributed by atoms with Gasteiger partial charge < -0.3 is 28.4 Å². The van der Waals surface area contributed by atoms with Crippen molar-refractivity contribution in [1.82, 2.24) is 9.80 Å². The molecule has 0 saturated carbocycles. The van der Waals surface area contributed by atoms with Gasteiger partial charge in [0.15, 0.2) is 11.5 Å². The second-order valence-electron chi connectivity index (χ2n) is 14.0. The minimum Gasteiger partial charge on any atom is -0.493 e. The first kappa shape index (κ1) is 37.3. The molecule has 2 atom stereocenters. The van der Waals surface area contributed by atoms with Crippen LogP contribution in [-0.4, -0.2) is 94.7 Å². The van der Waals surface area contributed by atoms with Crippen molar-refractivity contribution in [2.75, 3.05) is 66.8 Å². The van der Waals surface area contributed by atoms with Gasteiger partial charge in [0.1, 0.15) is 31.1 Å². The van der Waals surface area contributed by atoms with Crippen molar-refractivity contribution in [3.05, 3.63) is 113 Å². The van der Waals surface area contributed by atoms with Gasteiger partial charge in [-0.3, -0.25) is 9.80 Å². The molecule has 1 amide bonds. The smallest absolute Gasteiger partial charge is 0.410 e. The van der Waals surface area contributed by atoms with E-state index in [0.29, 0.717) is 49.7 Å². The molecule has 2 aliphatic heterocycles. The molecule has 7 rings (SSSR count). The first-order chi connectivity index (χ1) is 26.5. The lowest BCUT2D eigenvalue weighted by Gasteiger charge is -2.34. The third-order valence-corrected chi connectivity index (χ3v) is 10.8. The maximum Gasteiger partial charge on any atom is 0.410 e. The van der Waals surface area contributed by atoms with Crippen LogP contribution in [0.4, 0.5) is 4.79 Å². The number of ether oxygens (including phenoxy) is 6. The number of fused-ring (bicyclic) bond motifs is 3. The summed E-state index contributed by atoms with van der Waals surface area (Å²) in [5.41, 5.74) is 6.47. The van der Waals surface area contributed by atoms with Gasteiger partial charge in [-0.15, -0.1) is 0 Å². The van der Waals surface area contributed by atoms with Gasteiger partial charge in [0.2, 0.25) is 0 Å². The molecule has 0 bridgehead atoms. The van der Waals surface area contributed by atoms with E-state index in [1.807, 2.05) is 66.7 Å². The van der Waals surface area contributed by atoms with Crippen LogP contribution in [0.2, 0.25) is 0 Å². The Kier molecular flexibility index (Phi) is 12.3. The number of nitrogens with zero attached hydrogens (tertiary/aromatic N) is 2. The second kappa shape index (κ2) is 17.8. The predicted molar refractivity (Wildman–Crippen MR) is 205 cm³/mol. The van der Waals surface area contributed by atoms with Crippen molar-refractivity contribution in [3.63, 3.8) is 0 Å². The largest absolute Gasteiger partial charge is 0.493 e. The quantitative estimate of drug-likeness (QED) is 0.123. The van der Waals surface area contributed by atoms with Gasteiger partial charge in [-0.2, -0.15) is 0 Å². The zero-order chi connectivity index (χ0) is 37.3. The number of rotatable bonds is 14. The summed E-state index contributed by atoms with van der Waals surface area (Å²) in [5, 5.41) is 0. The van der Waals surface area contributed by atoms with Crippen molar-refractivity contribution in [3.8, 4) is 28.4 Å². The fourth-order valence-electron chi connectivity index (χ4n) is 7.84. The van der Waals surface area contributed by atoms with Gasteiger partial charge in [-0.25, -0.2) is 9.59 Å². The van der Waals surface area contributed by atoms with Crippen molar-refractivity contribution in [2.24, 2.45) is 0 Å². The number of piperidine rings is 1. The minimum absolute atomic E-state index is 0.0686. The van der Waals surface area contributed by atoms with Crippen molar-refractivity contribution < 1.29 is 38.0 Å². The lowest BCUT2D eigenvalue weighted by Crippen LogP contribution is -2.49. The van der Waals surface area contributed by atoms with Crippen LogP contribution in [0.3, 0.4) is 0 Å². The Morgan fingerprint density at radius 3 is 2.30 bits per heavy atom. The number of methoxy groups -OCH3 is 2. The Bertz CT molecular complexity index is 1850. The Balaban J connectivity index is 1.05. The maximum atomic E-state index is 14.2. The van der Waals surface area contributed by atoms with Crippen LogP contribution in [0.1, 0.15) is 60.0 Å². The number of carbonyl (C=O) groups is 2. The summed E-state index contributed by atoms with van der Waals surface area (Å²) in [4.78, 5) is 31.8. The summed E-state index contributed by atoms with van der Waals surface area (Å²) in [6.45, 7) is 5.23. The number of hydrogen-bond acceptors (Lipinski definition) is 9. The number of esters is 1.